The van der Waals surface area contributed by atoms with Gasteiger partial charge in [0.2, 0.25) is 0 Å². The van der Waals surface area contributed by atoms with Gasteiger partial charge in [0.05, 0.1) is 12.9 Å². The fourth-order valence-electron chi connectivity index (χ4n) is 0.381. The Morgan fingerprint density at radius 3 is 2.90 bits per heavy atom. The van der Waals surface area contributed by atoms with E-state index in [1.807, 2.05) is 0 Å². The number of carbonyl (C=O) groups excluding carboxylic acids is 1. The number of hydrogen-bond acceptors (Lipinski definition) is 4. The summed E-state index contributed by atoms with van der Waals surface area (Å²) in [5.74, 6) is 0.991. The van der Waals surface area contributed by atoms with E-state index in [9.17, 15) is 4.79 Å². The largest absolute Gasteiger partial charge is 0.468 e. The maximum absolute atomic E-state index is 10.5. The zero-order valence-electron chi connectivity index (χ0n) is 6.00. The van der Waals surface area contributed by atoms with Gasteiger partial charge in [-0.25, -0.2) is 0 Å². The van der Waals surface area contributed by atoms with Gasteiger partial charge in [-0.2, -0.15) is 11.8 Å². The van der Waals surface area contributed by atoms with E-state index in [2.05, 4.69) is 4.74 Å². The van der Waals surface area contributed by atoms with Crippen LogP contribution in [-0.2, 0) is 9.53 Å². The van der Waals surface area contributed by atoms with Gasteiger partial charge in [-0.15, -0.1) is 0 Å². The Morgan fingerprint density at radius 1 is 1.70 bits per heavy atom. The van der Waals surface area contributed by atoms with Crippen LogP contribution in [-0.4, -0.2) is 36.3 Å². The molecule has 4 heteroatoms. The molecule has 10 heavy (non-hydrogen) atoms. The maximum atomic E-state index is 10.5. The SMILES string of the molecule is COC(=O)CSCCCO. The van der Waals surface area contributed by atoms with Gasteiger partial charge in [0, 0.05) is 6.61 Å². The highest BCUT2D eigenvalue weighted by Crippen LogP contribution is 2.01. The molecule has 0 aliphatic rings. The van der Waals surface area contributed by atoms with Crippen molar-refractivity contribution in [1.29, 1.82) is 0 Å². The Hall–Kier alpha value is -0.220. The van der Waals surface area contributed by atoms with Gasteiger partial charge in [-0.3, -0.25) is 4.79 Å². The van der Waals surface area contributed by atoms with Crippen LogP contribution in [0.25, 0.3) is 0 Å². The quantitative estimate of drug-likeness (QED) is 0.468. The van der Waals surface area contributed by atoms with Crippen LogP contribution in [0.15, 0.2) is 0 Å². The number of rotatable bonds is 5. The van der Waals surface area contributed by atoms with Gasteiger partial charge in [-0.05, 0) is 12.2 Å². The van der Waals surface area contributed by atoms with E-state index in [0.717, 1.165) is 12.2 Å². The van der Waals surface area contributed by atoms with Crippen LogP contribution in [0.2, 0.25) is 0 Å². The zero-order chi connectivity index (χ0) is 7.82. The van der Waals surface area contributed by atoms with Crippen LogP contribution < -0.4 is 0 Å². The summed E-state index contributed by atoms with van der Waals surface area (Å²) < 4.78 is 4.41. The molecule has 3 nitrogen and oxygen atoms in total. The predicted octanol–water partition coefficient (Wildman–Crippen LogP) is 0.275. The molecule has 0 saturated carbocycles. The first-order chi connectivity index (χ1) is 4.81. The number of thioether (sulfide) groups is 1. The van der Waals surface area contributed by atoms with Crippen molar-refractivity contribution in [2.45, 2.75) is 6.42 Å². The molecule has 0 radical (unpaired) electrons. The van der Waals surface area contributed by atoms with E-state index < -0.39 is 0 Å². The Labute approximate surface area is 64.8 Å². The number of aliphatic hydroxyl groups excluding tert-OH is 1. The second kappa shape index (κ2) is 6.89. The molecule has 0 saturated heterocycles. The molecule has 0 aromatic rings. The van der Waals surface area contributed by atoms with E-state index in [4.69, 9.17) is 5.11 Å². The van der Waals surface area contributed by atoms with Gasteiger partial charge < -0.3 is 9.84 Å². The van der Waals surface area contributed by atoms with Crippen molar-refractivity contribution >= 4 is 17.7 Å². The average Bonchev–Trinajstić information content (AvgIpc) is 1.98. The number of hydrogen-bond donors (Lipinski definition) is 1. The standard InChI is InChI=1S/C6H12O3S/c1-9-6(8)5-10-4-2-3-7/h7H,2-5H2,1H3. The van der Waals surface area contributed by atoms with Gasteiger partial charge in [-0.1, -0.05) is 0 Å². The molecule has 1 N–H and O–H groups in total. The smallest absolute Gasteiger partial charge is 0.315 e. The lowest BCUT2D eigenvalue weighted by molar-refractivity contribution is -0.137. The Bertz CT molecular complexity index is 95.0. The number of carbonyl (C=O) groups is 1. The number of ether oxygens (including phenoxy) is 1. The third kappa shape index (κ3) is 5.91. The van der Waals surface area contributed by atoms with Crippen molar-refractivity contribution in [2.75, 3.05) is 25.2 Å². The summed E-state index contributed by atoms with van der Waals surface area (Å²) in [7, 11) is 1.37. The summed E-state index contributed by atoms with van der Waals surface area (Å²) in [4.78, 5) is 10.5. The number of aliphatic hydroxyl groups is 1. The lowest BCUT2D eigenvalue weighted by atomic mass is 10.5. The minimum atomic E-state index is -0.206. The summed E-state index contributed by atoms with van der Waals surface area (Å²) in [6, 6.07) is 0. The van der Waals surface area contributed by atoms with E-state index in [0.29, 0.717) is 5.75 Å². The first-order valence-corrected chi connectivity index (χ1v) is 4.22. The normalized spacial score (nSPS) is 9.40. The van der Waals surface area contributed by atoms with E-state index >= 15 is 0 Å². The molecule has 0 aromatic carbocycles. The van der Waals surface area contributed by atoms with Crippen molar-refractivity contribution in [3.63, 3.8) is 0 Å². The summed E-state index contributed by atoms with van der Waals surface area (Å²) in [5, 5.41) is 8.36. The molecule has 0 aromatic heterocycles. The van der Waals surface area contributed by atoms with Crippen LogP contribution in [0.1, 0.15) is 6.42 Å². The van der Waals surface area contributed by atoms with Crippen LogP contribution in [0.5, 0.6) is 0 Å². The molecule has 0 rings (SSSR count). The van der Waals surface area contributed by atoms with E-state index in [1.54, 1.807) is 0 Å². The lowest BCUT2D eigenvalue weighted by Gasteiger charge is -1.97. The predicted molar refractivity (Wildman–Crippen MR) is 41.0 cm³/mol. The minimum Gasteiger partial charge on any atom is -0.468 e. The third-order valence-electron chi connectivity index (χ3n) is 0.894. The summed E-state index contributed by atoms with van der Waals surface area (Å²) in [5.41, 5.74) is 0. The van der Waals surface area contributed by atoms with Crippen molar-refractivity contribution in [2.24, 2.45) is 0 Å². The summed E-state index contributed by atoms with van der Waals surface area (Å²) in [6.07, 6.45) is 0.738. The maximum Gasteiger partial charge on any atom is 0.315 e. The Kier molecular flexibility index (Phi) is 6.74. The van der Waals surface area contributed by atoms with E-state index in [1.165, 1.54) is 18.9 Å². The molecule has 0 aliphatic carbocycles. The average molecular weight is 164 g/mol. The Morgan fingerprint density at radius 2 is 2.40 bits per heavy atom. The molecule has 60 valence electrons. The molecule has 0 heterocycles. The molecule has 0 unspecified atom stereocenters. The van der Waals surface area contributed by atoms with Crippen LogP contribution in [0, 0.1) is 0 Å². The third-order valence-corrected chi connectivity index (χ3v) is 1.91. The molecule has 0 aliphatic heterocycles. The van der Waals surface area contributed by atoms with Gasteiger partial charge in [0.1, 0.15) is 0 Å². The molecular formula is C6H12O3S. The summed E-state index contributed by atoms with van der Waals surface area (Å²) >= 11 is 1.48. The fraction of sp³-hybridized carbons (Fsp3) is 0.833. The highest BCUT2D eigenvalue weighted by molar-refractivity contribution is 7.99. The number of esters is 1. The fourth-order valence-corrected chi connectivity index (χ4v) is 1.14. The molecular weight excluding hydrogens is 152 g/mol. The van der Waals surface area contributed by atoms with Crippen molar-refractivity contribution in [1.82, 2.24) is 0 Å². The highest BCUT2D eigenvalue weighted by Gasteiger charge is 1.97. The number of methoxy groups -OCH3 is 1. The molecule has 0 bridgehead atoms. The monoisotopic (exact) mass is 164 g/mol. The first-order valence-electron chi connectivity index (χ1n) is 3.06. The second-order valence-corrected chi connectivity index (χ2v) is 2.81. The second-order valence-electron chi connectivity index (χ2n) is 1.71. The minimum absolute atomic E-state index is 0.189. The molecule has 0 amide bonds. The topological polar surface area (TPSA) is 46.5 Å². The van der Waals surface area contributed by atoms with Gasteiger partial charge in [0.25, 0.3) is 0 Å². The van der Waals surface area contributed by atoms with Crippen molar-refractivity contribution in [3.05, 3.63) is 0 Å². The Balaban J connectivity index is 2.96. The first kappa shape index (κ1) is 9.78. The van der Waals surface area contributed by atoms with Gasteiger partial charge in [0.15, 0.2) is 0 Å². The molecule has 0 spiro atoms. The van der Waals surface area contributed by atoms with Crippen LogP contribution in [0.4, 0.5) is 0 Å². The highest BCUT2D eigenvalue weighted by atomic mass is 32.2. The van der Waals surface area contributed by atoms with Crippen molar-refractivity contribution < 1.29 is 14.6 Å². The lowest BCUT2D eigenvalue weighted by Crippen LogP contribution is -2.03. The zero-order valence-corrected chi connectivity index (χ0v) is 6.82. The summed E-state index contributed by atoms with van der Waals surface area (Å²) in [6.45, 7) is 0.189. The van der Waals surface area contributed by atoms with Gasteiger partial charge >= 0.3 is 5.97 Å². The van der Waals surface area contributed by atoms with Crippen molar-refractivity contribution in [3.8, 4) is 0 Å². The van der Waals surface area contributed by atoms with Crippen LogP contribution in [0.3, 0.4) is 0 Å². The van der Waals surface area contributed by atoms with E-state index in [-0.39, 0.29) is 12.6 Å². The molecule has 0 fully saturated rings. The van der Waals surface area contributed by atoms with Crippen LogP contribution >= 0.6 is 11.8 Å². The molecule has 0 atom stereocenters.